The second kappa shape index (κ2) is 8.24. The van der Waals surface area contributed by atoms with Crippen molar-refractivity contribution in [2.75, 3.05) is 19.8 Å². The zero-order valence-electron chi connectivity index (χ0n) is 17.4. The van der Waals surface area contributed by atoms with Gasteiger partial charge in [0.05, 0.1) is 17.1 Å². The van der Waals surface area contributed by atoms with Crippen LogP contribution in [0.25, 0.3) is 0 Å². The zero-order valence-corrected chi connectivity index (χ0v) is 19.9. The van der Waals surface area contributed by atoms with Crippen LogP contribution in [0.1, 0.15) is 31.2 Å². The maximum Gasteiger partial charge on any atom is 0.697 e. The Balaban J connectivity index is 1.79. The van der Waals surface area contributed by atoms with Crippen LogP contribution in [-0.2, 0) is 28.2 Å². The number of hydrogen-bond acceptors (Lipinski definition) is 6. The fraction of sp³-hybridized carbons (Fsp3) is 0.455. The van der Waals surface area contributed by atoms with Gasteiger partial charge in [0.25, 0.3) is 0 Å². The van der Waals surface area contributed by atoms with E-state index in [9.17, 15) is 17.4 Å². The van der Waals surface area contributed by atoms with E-state index in [1.165, 1.54) is 24.3 Å². The summed E-state index contributed by atoms with van der Waals surface area (Å²) in [6.45, 7) is -0.0814. The number of rotatable bonds is 2. The molecule has 0 bridgehead atoms. The molecule has 2 aromatic carbocycles. The molecule has 1 unspecified atom stereocenters. The maximum atomic E-state index is 15.4. The molecule has 5 rings (SSSR count). The standard InChI is InChI=1S/C22H21ClF2O6PS/c23-14-2-4-15(5-3-14)33(27,28)22-9-1-8-21(10-11-30-32(26)31-13-21)18(22)12-29-20-17(25)7-6-16(24)19(20)22/h2-7,18H,1,8-13H2/q+1/t18-,21+,22-/m0/s1. The van der Waals surface area contributed by atoms with Crippen molar-refractivity contribution >= 4 is 29.7 Å². The van der Waals surface area contributed by atoms with Crippen LogP contribution in [0.2, 0.25) is 5.02 Å². The molecule has 1 saturated heterocycles. The molecule has 176 valence electrons. The van der Waals surface area contributed by atoms with E-state index in [2.05, 4.69) is 0 Å². The highest BCUT2D eigenvalue weighted by atomic mass is 35.5. The van der Waals surface area contributed by atoms with Gasteiger partial charge in [-0.05, 0) is 55.7 Å². The predicted octanol–water partition coefficient (Wildman–Crippen LogP) is 5.56. The highest BCUT2D eigenvalue weighted by Gasteiger charge is 2.66. The topological polar surface area (TPSA) is 78.9 Å². The number of hydrogen-bond donors (Lipinski definition) is 0. The third-order valence-electron chi connectivity index (χ3n) is 7.26. The molecule has 11 heteroatoms. The van der Waals surface area contributed by atoms with Crippen molar-refractivity contribution in [2.24, 2.45) is 11.3 Å². The first-order valence-corrected chi connectivity index (χ1v) is 13.5. The van der Waals surface area contributed by atoms with E-state index < -0.39 is 45.8 Å². The van der Waals surface area contributed by atoms with Crippen LogP contribution in [0.4, 0.5) is 8.78 Å². The van der Waals surface area contributed by atoms with Crippen molar-refractivity contribution < 1.29 is 35.5 Å². The molecule has 0 N–H and O–H groups in total. The monoisotopic (exact) mass is 517 g/mol. The molecule has 0 radical (unpaired) electrons. The molecule has 0 aromatic heterocycles. The van der Waals surface area contributed by atoms with Gasteiger partial charge in [0, 0.05) is 20.9 Å². The molecular formula is C22H21ClF2O6PS+. The van der Waals surface area contributed by atoms with Gasteiger partial charge in [-0.25, -0.2) is 17.2 Å². The third-order valence-corrected chi connectivity index (χ3v) is 10.8. The molecule has 0 amide bonds. The predicted molar refractivity (Wildman–Crippen MR) is 116 cm³/mol. The molecule has 3 aliphatic rings. The Morgan fingerprint density at radius 3 is 2.48 bits per heavy atom. The van der Waals surface area contributed by atoms with E-state index in [-0.39, 0.29) is 42.4 Å². The fourth-order valence-corrected chi connectivity index (χ4v) is 9.04. The summed E-state index contributed by atoms with van der Waals surface area (Å²) >= 11 is 5.98. The summed E-state index contributed by atoms with van der Waals surface area (Å²) in [5.41, 5.74) is -1.10. The minimum atomic E-state index is -4.27. The van der Waals surface area contributed by atoms with Crippen LogP contribution >= 0.6 is 19.9 Å². The van der Waals surface area contributed by atoms with Crippen LogP contribution in [0.5, 0.6) is 5.75 Å². The summed E-state index contributed by atoms with van der Waals surface area (Å²) < 4.78 is 85.3. The molecule has 1 saturated carbocycles. The molecule has 1 spiro atoms. The van der Waals surface area contributed by atoms with Crippen LogP contribution in [-0.4, -0.2) is 28.2 Å². The Labute approximate surface area is 196 Å². The van der Waals surface area contributed by atoms with Crippen molar-refractivity contribution in [2.45, 2.75) is 35.3 Å². The number of ether oxygens (including phenoxy) is 1. The Morgan fingerprint density at radius 2 is 1.73 bits per heavy atom. The van der Waals surface area contributed by atoms with Gasteiger partial charge in [0.15, 0.2) is 21.4 Å². The maximum absolute atomic E-state index is 15.4. The molecule has 2 fully saturated rings. The van der Waals surface area contributed by atoms with Gasteiger partial charge in [-0.15, -0.1) is 9.05 Å². The molecular weight excluding hydrogens is 497 g/mol. The number of benzene rings is 2. The smallest absolute Gasteiger partial charge is 0.490 e. The Bertz CT molecular complexity index is 1220. The summed E-state index contributed by atoms with van der Waals surface area (Å²) in [5, 5.41) is 0.353. The lowest BCUT2D eigenvalue weighted by Crippen LogP contribution is -2.59. The SMILES string of the molecule is O=[P+]1OCC[C@]2(CCC[C@@]3(S(=O)(=O)c4ccc(Cl)cc4)c4c(F)ccc(F)c4OC[C@@H]23)CO1. The first-order chi connectivity index (χ1) is 15.7. The molecule has 2 heterocycles. The van der Waals surface area contributed by atoms with Crippen molar-refractivity contribution in [3.05, 3.63) is 58.6 Å². The van der Waals surface area contributed by atoms with Crippen molar-refractivity contribution in [1.29, 1.82) is 0 Å². The van der Waals surface area contributed by atoms with Gasteiger partial charge in [0.2, 0.25) is 0 Å². The third kappa shape index (κ3) is 3.43. The fourth-order valence-electron chi connectivity index (χ4n) is 5.76. The number of sulfone groups is 1. The Morgan fingerprint density at radius 1 is 1.00 bits per heavy atom. The van der Waals surface area contributed by atoms with E-state index in [4.69, 9.17) is 25.4 Å². The quantitative estimate of drug-likeness (QED) is 0.485. The van der Waals surface area contributed by atoms with Gasteiger partial charge in [0.1, 0.15) is 23.8 Å². The van der Waals surface area contributed by atoms with Gasteiger partial charge >= 0.3 is 8.25 Å². The summed E-state index contributed by atoms with van der Waals surface area (Å²) in [4.78, 5) is -0.0395. The lowest BCUT2D eigenvalue weighted by atomic mass is 9.58. The summed E-state index contributed by atoms with van der Waals surface area (Å²) in [5.74, 6) is -2.83. The van der Waals surface area contributed by atoms with E-state index in [1.807, 2.05) is 0 Å². The number of halogens is 3. The molecule has 2 aromatic rings. The largest absolute Gasteiger partial charge is 0.697 e. The van der Waals surface area contributed by atoms with Gasteiger partial charge in [-0.1, -0.05) is 18.0 Å². The summed E-state index contributed by atoms with van der Waals surface area (Å²) in [6, 6.07) is 7.52. The molecule has 1 aliphatic carbocycles. The Kier molecular flexibility index (Phi) is 5.77. The minimum absolute atomic E-state index is 0.0274. The van der Waals surface area contributed by atoms with Gasteiger partial charge in [-0.3, -0.25) is 0 Å². The van der Waals surface area contributed by atoms with Crippen LogP contribution in [0, 0.1) is 23.0 Å². The highest BCUT2D eigenvalue weighted by Crippen LogP contribution is 2.63. The second-order valence-electron chi connectivity index (χ2n) is 8.74. The zero-order chi connectivity index (χ0) is 23.4. The van der Waals surface area contributed by atoms with E-state index in [1.54, 1.807) is 0 Å². The van der Waals surface area contributed by atoms with Crippen molar-refractivity contribution in [1.82, 2.24) is 0 Å². The van der Waals surface area contributed by atoms with Crippen molar-refractivity contribution in [3.8, 4) is 5.75 Å². The number of fused-ring (bicyclic) bond motifs is 4. The minimum Gasteiger partial charge on any atom is -0.490 e. The highest BCUT2D eigenvalue weighted by molar-refractivity contribution is 7.92. The summed E-state index contributed by atoms with van der Waals surface area (Å²) in [6.07, 6.45) is 1.40. The van der Waals surface area contributed by atoms with E-state index in [0.29, 0.717) is 24.3 Å². The van der Waals surface area contributed by atoms with Crippen LogP contribution < -0.4 is 4.74 Å². The lowest BCUT2D eigenvalue weighted by molar-refractivity contribution is -0.0318. The van der Waals surface area contributed by atoms with Crippen LogP contribution in [0.3, 0.4) is 0 Å². The Hall–Kier alpha value is -1.64. The van der Waals surface area contributed by atoms with Gasteiger partial charge in [-0.2, -0.15) is 0 Å². The average molecular weight is 518 g/mol. The van der Waals surface area contributed by atoms with Crippen LogP contribution in [0.15, 0.2) is 41.3 Å². The van der Waals surface area contributed by atoms with Crippen molar-refractivity contribution in [3.63, 3.8) is 0 Å². The first kappa shape index (κ1) is 23.1. The molecule has 6 nitrogen and oxygen atoms in total. The lowest BCUT2D eigenvalue weighted by Gasteiger charge is -2.55. The molecule has 33 heavy (non-hydrogen) atoms. The first-order valence-electron chi connectivity index (χ1n) is 10.6. The normalized spacial score (nSPS) is 30.8. The second-order valence-corrected chi connectivity index (χ2v) is 12.3. The van der Waals surface area contributed by atoms with Gasteiger partial charge < -0.3 is 4.74 Å². The molecule has 2 aliphatic heterocycles. The van der Waals surface area contributed by atoms with E-state index >= 15 is 4.39 Å². The summed E-state index contributed by atoms with van der Waals surface area (Å²) in [7, 11) is -6.61. The van der Waals surface area contributed by atoms with E-state index in [0.717, 1.165) is 12.1 Å². The molecule has 4 atom stereocenters. The average Bonchev–Trinajstić information content (AvgIpc) is 2.98.